The fourth-order valence-electron chi connectivity index (χ4n) is 2.48. The van der Waals surface area contributed by atoms with Crippen molar-refractivity contribution in [3.63, 3.8) is 0 Å². The smallest absolute Gasteiger partial charge is 0.276 e. The van der Waals surface area contributed by atoms with Crippen molar-refractivity contribution in [1.29, 1.82) is 0 Å². The van der Waals surface area contributed by atoms with Crippen molar-refractivity contribution in [2.45, 2.75) is 0 Å². The minimum atomic E-state index is -0.485. The molecular weight excluding hydrogens is 464 g/mol. The third-order valence-electron chi connectivity index (χ3n) is 3.96. The lowest BCUT2D eigenvalue weighted by molar-refractivity contribution is -0.123. The van der Waals surface area contributed by atoms with E-state index in [9.17, 15) is 9.59 Å². The first-order valence-electron chi connectivity index (χ1n) is 9.48. The number of benzene rings is 3. The zero-order valence-corrected chi connectivity index (χ0v) is 18.1. The Morgan fingerprint density at radius 2 is 1.35 bits per heavy atom. The molecule has 0 aliphatic rings. The van der Waals surface area contributed by atoms with E-state index < -0.39 is 11.8 Å². The lowest BCUT2D eigenvalue weighted by Gasteiger charge is -2.11. The number of hydrazine groups is 1. The van der Waals surface area contributed by atoms with Gasteiger partial charge in [0.05, 0.1) is 0 Å². The summed E-state index contributed by atoms with van der Waals surface area (Å²) in [5.74, 6) is 0.878. The third kappa shape index (κ3) is 7.67. The predicted molar refractivity (Wildman–Crippen MR) is 119 cm³/mol. The second kappa shape index (κ2) is 11.6. The van der Waals surface area contributed by atoms with Crippen LogP contribution in [0.1, 0.15) is 10.4 Å². The standard InChI is InChI=1S/C23H21BrN2O5/c24-18-9-11-20(12-10-18)31-16-22(27)25-26-23(28)17-5-4-8-21(15-17)30-14-13-29-19-6-2-1-3-7-19/h1-12,15H,13-14,16H2,(H,25,27)(H,26,28). The summed E-state index contributed by atoms with van der Waals surface area (Å²) in [5, 5.41) is 0. The van der Waals surface area contributed by atoms with Crippen molar-refractivity contribution in [1.82, 2.24) is 10.9 Å². The van der Waals surface area contributed by atoms with Gasteiger partial charge in [-0.2, -0.15) is 0 Å². The van der Waals surface area contributed by atoms with E-state index in [0.717, 1.165) is 10.2 Å². The van der Waals surface area contributed by atoms with Crippen LogP contribution >= 0.6 is 15.9 Å². The van der Waals surface area contributed by atoms with Crippen LogP contribution in [-0.4, -0.2) is 31.6 Å². The lowest BCUT2D eigenvalue weighted by atomic mass is 10.2. The van der Waals surface area contributed by atoms with E-state index in [4.69, 9.17) is 14.2 Å². The zero-order valence-electron chi connectivity index (χ0n) is 16.5. The highest BCUT2D eigenvalue weighted by Gasteiger charge is 2.09. The fraction of sp³-hybridized carbons (Fsp3) is 0.130. The Kier molecular flexibility index (Phi) is 8.30. The van der Waals surface area contributed by atoms with Gasteiger partial charge in [0.1, 0.15) is 30.5 Å². The summed E-state index contributed by atoms with van der Waals surface area (Å²) < 4.78 is 17.4. The van der Waals surface area contributed by atoms with Gasteiger partial charge in [0, 0.05) is 10.0 Å². The first-order valence-corrected chi connectivity index (χ1v) is 10.3. The van der Waals surface area contributed by atoms with Crippen molar-refractivity contribution >= 4 is 27.7 Å². The van der Waals surface area contributed by atoms with Gasteiger partial charge in [-0.25, -0.2) is 0 Å². The molecule has 3 rings (SSSR count). The number of hydrogen-bond donors (Lipinski definition) is 2. The van der Waals surface area contributed by atoms with Gasteiger partial charge in [0.2, 0.25) is 0 Å². The van der Waals surface area contributed by atoms with E-state index in [1.807, 2.05) is 30.3 Å². The highest BCUT2D eigenvalue weighted by atomic mass is 79.9. The van der Waals surface area contributed by atoms with Gasteiger partial charge < -0.3 is 14.2 Å². The normalized spacial score (nSPS) is 10.1. The number of nitrogens with one attached hydrogen (secondary N) is 2. The Hall–Kier alpha value is -3.52. The van der Waals surface area contributed by atoms with Crippen molar-refractivity contribution in [2.24, 2.45) is 0 Å². The van der Waals surface area contributed by atoms with Crippen LogP contribution in [0.3, 0.4) is 0 Å². The number of amides is 2. The second-order valence-corrected chi connectivity index (χ2v) is 7.20. The molecule has 3 aromatic carbocycles. The molecule has 7 nitrogen and oxygen atoms in total. The van der Waals surface area contributed by atoms with Gasteiger partial charge in [0.15, 0.2) is 6.61 Å². The molecule has 0 aliphatic heterocycles. The molecule has 0 spiro atoms. The molecule has 2 amide bonds. The van der Waals surface area contributed by atoms with Crippen LogP contribution in [0.25, 0.3) is 0 Å². The van der Waals surface area contributed by atoms with E-state index in [0.29, 0.717) is 30.3 Å². The number of halogens is 1. The average molecular weight is 485 g/mol. The van der Waals surface area contributed by atoms with Gasteiger partial charge in [-0.1, -0.05) is 40.2 Å². The van der Waals surface area contributed by atoms with E-state index in [1.54, 1.807) is 48.5 Å². The summed E-state index contributed by atoms with van der Waals surface area (Å²) in [4.78, 5) is 24.2. The molecule has 0 saturated heterocycles. The van der Waals surface area contributed by atoms with Crippen LogP contribution in [0.5, 0.6) is 17.2 Å². The minimum Gasteiger partial charge on any atom is -0.490 e. The molecule has 0 saturated carbocycles. The summed E-state index contributed by atoms with van der Waals surface area (Å²) in [6.07, 6.45) is 0. The van der Waals surface area contributed by atoms with Gasteiger partial charge in [-0.15, -0.1) is 0 Å². The van der Waals surface area contributed by atoms with Crippen LogP contribution in [-0.2, 0) is 4.79 Å². The molecule has 0 heterocycles. The molecule has 31 heavy (non-hydrogen) atoms. The van der Waals surface area contributed by atoms with Crippen molar-refractivity contribution in [3.05, 3.63) is 88.9 Å². The summed E-state index contributed by atoms with van der Waals surface area (Å²) >= 11 is 3.32. The molecule has 0 unspecified atom stereocenters. The van der Waals surface area contributed by atoms with Crippen LogP contribution in [0.2, 0.25) is 0 Å². The maximum Gasteiger partial charge on any atom is 0.276 e. The van der Waals surface area contributed by atoms with E-state index in [-0.39, 0.29) is 6.61 Å². The average Bonchev–Trinajstić information content (AvgIpc) is 2.81. The number of rotatable bonds is 9. The van der Waals surface area contributed by atoms with E-state index in [1.165, 1.54) is 0 Å². The molecule has 0 bridgehead atoms. The maximum atomic E-state index is 12.3. The quantitative estimate of drug-likeness (QED) is 0.356. The number of ether oxygens (including phenoxy) is 3. The van der Waals surface area contributed by atoms with Gasteiger partial charge >= 0.3 is 0 Å². The maximum absolute atomic E-state index is 12.3. The molecule has 0 aliphatic carbocycles. The predicted octanol–water partition coefficient (Wildman–Crippen LogP) is 3.75. The fourth-order valence-corrected chi connectivity index (χ4v) is 2.74. The second-order valence-electron chi connectivity index (χ2n) is 6.28. The van der Waals surface area contributed by atoms with Crippen LogP contribution in [0.4, 0.5) is 0 Å². The topological polar surface area (TPSA) is 85.9 Å². The first kappa shape index (κ1) is 22.2. The van der Waals surface area contributed by atoms with Gasteiger partial charge in [-0.3, -0.25) is 20.4 Å². The Morgan fingerprint density at radius 3 is 2.10 bits per heavy atom. The Balaban J connectivity index is 1.39. The highest BCUT2D eigenvalue weighted by molar-refractivity contribution is 9.10. The third-order valence-corrected chi connectivity index (χ3v) is 4.49. The van der Waals surface area contributed by atoms with Crippen molar-refractivity contribution in [3.8, 4) is 17.2 Å². The lowest BCUT2D eigenvalue weighted by Crippen LogP contribution is -2.43. The van der Waals surface area contributed by atoms with Crippen molar-refractivity contribution < 1.29 is 23.8 Å². The molecule has 0 fully saturated rings. The summed E-state index contributed by atoms with van der Waals surface area (Å²) in [6.45, 7) is 0.464. The van der Waals surface area contributed by atoms with Gasteiger partial charge in [-0.05, 0) is 54.6 Å². The SMILES string of the molecule is O=C(COc1ccc(Br)cc1)NNC(=O)c1cccc(OCCOc2ccccc2)c1. The largest absolute Gasteiger partial charge is 0.490 e. The number of carbonyl (C=O) groups excluding carboxylic acids is 2. The molecular formula is C23H21BrN2O5. The molecule has 160 valence electrons. The van der Waals surface area contributed by atoms with Crippen LogP contribution < -0.4 is 25.1 Å². The highest BCUT2D eigenvalue weighted by Crippen LogP contribution is 2.16. The first-order chi connectivity index (χ1) is 15.1. The molecule has 8 heteroatoms. The Morgan fingerprint density at radius 1 is 0.710 bits per heavy atom. The molecule has 0 radical (unpaired) electrons. The van der Waals surface area contributed by atoms with Gasteiger partial charge in [0.25, 0.3) is 11.8 Å². The summed E-state index contributed by atoms with van der Waals surface area (Å²) in [5.41, 5.74) is 5.02. The van der Waals surface area contributed by atoms with Crippen LogP contribution in [0.15, 0.2) is 83.3 Å². The number of carbonyl (C=O) groups is 2. The molecule has 0 atom stereocenters. The number of hydrogen-bond acceptors (Lipinski definition) is 5. The summed E-state index contributed by atoms with van der Waals surface area (Å²) in [7, 11) is 0. The Bertz CT molecular complexity index is 996. The molecule has 0 aromatic heterocycles. The minimum absolute atomic E-state index is 0.230. The molecule has 2 N–H and O–H groups in total. The summed E-state index contributed by atoms with van der Waals surface area (Å²) in [6, 6.07) is 23.1. The van der Waals surface area contributed by atoms with E-state index >= 15 is 0 Å². The van der Waals surface area contributed by atoms with Crippen LogP contribution in [0, 0.1) is 0 Å². The number of para-hydroxylation sites is 1. The zero-order chi connectivity index (χ0) is 21.9. The monoisotopic (exact) mass is 484 g/mol. The molecule has 3 aromatic rings. The van der Waals surface area contributed by atoms with E-state index in [2.05, 4.69) is 26.8 Å². The van der Waals surface area contributed by atoms with Crippen molar-refractivity contribution in [2.75, 3.05) is 19.8 Å². The Labute approximate surface area is 188 Å².